The standard InChI is InChI=1S/C15H18N2OS/c1-10-4-6-12(7-5-10)11(2)17-15(18)14-13(16-3)8-9-19-14/h4-9,11,16H,1-3H3,(H,17,18)/t11-/m0/s1. The van der Waals surface area contributed by atoms with Gasteiger partial charge in [-0.1, -0.05) is 29.8 Å². The minimum Gasteiger partial charge on any atom is -0.387 e. The molecule has 0 aliphatic rings. The van der Waals surface area contributed by atoms with E-state index in [-0.39, 0.29) is 11.9 Å². The molecule has 1 atom stereocenters. The predicted octanol–water partition coefficient (Wildman–Crippen LogP) is 3.59. The molecular weight excluding hydrogens is 256 g/mol. The van der Waals surface area contributed by atoms with Crippen LogP contribution in [-0.4, -0.2) is 13.0 Å². The highest BCUT2D eigenvalue weighted by atomic mass is 32.1. The molecule has 1 heterocycles. The average Bonchev–Trinajstić information content (AvgIpc) is 2.87. The summed E-state index contributed by atoms with van der Waals surface area (Å²) in [5.74, 6) is -0.0348. The topological polar surface area (TPSA) is 41.1 Å². The summed E-state index contributed by atoms with van der Waals surface area (Å²) in [5.41, 5.74) is 3.21. The van der Waals surface area contributed by atoms with E-state index in [0.717, 1.165) is 16.1 Å². The number of hydrogen-bond acceptors (Lipinski definition) is 3. The minimum absolute atomic E-state index is 0.0000869. The highest BCUT2D eigenvalue weighted by molar-refractivity contribution is 7.12. The van der Waals surface area contributed by atoms with Crippen LogP contribution in [0.3, 0.4) is 0 Å². The number of aryl methyl sites for hydroxylation is 1. The Labute approximate surface area is 117 Å². The SMILES string of the molecule is CNc1ccsc1C(=O)N[C@@H](C)c1ccc(C)cc1. The molecule has 1 aromatic heterocycles. The largest absolute Gasteiger partial charge is 0.387 e. The van der Waals surface area contributed by atoms with E-state index in [2.05, 4.69) is 29.7 Å². The van der Waals surface area contributed by atoms with Gasteiger partial charge in [0.2, 0.25) is 0 Å². The van der Waals surface area contributed by atoms with Gasteiger partial charge in [-0.15, -0.1) is 11.3 Å². The maximum Gasteiger partial charge on any atom is 0.263 e. The Kier molecular flexibility index (Phi) is 4.22. The molecule has 2 aromatic rings. The van der Waals surface area contributed by atoms with Crippen molar-refractivity contribution in [2.24, 2.45) is 0 Å². The molecule has 1 amide bonds. The second kappa shape index (κ2) is 5.89. The lowest BCUT2D eigenvalue weighted by molar-refractivity contribution is 0.0944. The zero-order valence-corrected chi connectivity index (χ0v) is 12.2. The molecule has 3 nitrogen and oxygen atoms in total. The molecule has 19 heavy (non-hydrogen) atoms. The summed E-state index contributed by atoms with van der Waals surface area (Å²) in [6, 6.07) is 10.1. The fraction of sp³-hybridized carbons (Fsp3) is 0.267. The third-order valence-electron chi connectivity index (χ3n) is 3.07. The molecule has 0 bridgehead atoms. The van der Waals surface area contributed by atoms with Crippen LogP contribution < -0.4 is 10.6 Å². The second-order valence-electron chi connectivity index (χ2n) is 4.52. The number of nitrogens with one attached hydrogen (secondary N) is 2. The Bertz CT molecular complexity index is 560. The van der Waals surface area contributed by atoms with Crippen LogP contribution in [0.15, 0.2) is 35.7 Å². The fourth-order valence-electron chi connectivity index (χ4n) is 1.88. The van der Waals surface area contributed by atoms with Crippen molar-refractivity contribution in [2.45, 2.75) is 19.9 Å². The van der Waals surface area contributed by atoms with Crippen LogP contribution in [0.25, 0.3) is 0 Å². The zero-order valence-electron chi connectivity index (χ0n) is 11.4. The van der Waals surface area contributed by atoms with Crippen molar-refractivity contribution < 1.29 is 4.79 Å². The zero-order chi connectivity index (χ0) is 13.8. The predicted molar refractivity (Wildman–Crippen MR) is 80.9 cm³/mol. The number of carbonyl (C=O) groups is 1. The Hall–Kier alpha value is -1.81. The highest BCUT2D eigenvalue weighted by Crippen LogP contribution is 2.23. The number of amides is 1. The molecule has 0 spiro atoms. The van der Waals surface area contributed by atoms with Crippen molar-refractivity contribution in [3.05, 3.63) is 51.7 Å². The number of thiophene rings is 1. The van der Waals surface area contributed by atoms with E-state index >= 15 is 0 Å². The smallest absolute Gasteiger partial charge is 0.263 e. The van der Waals surface area contributed by atoms with Crippen LogP contribution in [0.5, 0.6) is 0 Å². The number of anilines is 1. The number of hydrogen-bond donors (Lipinski definition) is 2. The van der Waals surface area contributed by atoms with Gasteiger partial charge in [0.25, 0.3) is 5.91 Å². The van der Waals surface area contributed by atoms with Gasteiger partial charge in [0.1, 0.15) is 4.88 Å². The molecule has 2 N–H and O–H groups in total. The maximum absolute atomic E-state index is 12.2. The van der Waals surface area contributed by atoms with Crippen LogP contribution in [0.4, 0.5) is 5.69 Å². The summed E-state index contributed by atoms with van der Waals surface area (Å²) in [4.78, 5) is 12.9. The number of benzene rings is 1. The summed E-state index contributed by atoms with van der Waals surface area (Å²) >= 11 is 1.45. The second-order valence-corrected chi connectivity index (χ2v) is 5.44. The van der Waals surface area contributed by atoms with Crippen LogP contribution >= 0.6 is 11.3 Å². The first-order valence-corrected chi connectivity index (χ1v) is 7.12. The van der Waals surface area contributed by atoms with Gasteiger partial charge in [0, 0.05) is 7.05 Å². The van der Waals surface area contributed by atoms with E-state index in [0.29, 0.717) is 0 Å². The first-order chi connectivity index (χ1) is 9.11. The van der Waals surface area contributed by atoms with Crippen LogP contribution in [-0.2, 0) is 0 Å². The molecule has 0 saturated carbocycles. The molecule has 0 fully saturated rings. The molecule has 0 unspecified atom stereocenters. The third-order valence-corrected chi connectivity index (χ3v) is 3.98. The van der Waals surface area contributed by atoms with Crippen molar-refractivity contribution in [1.29, 1.82) is 0 Å². The normalized spacial score (nSPS) is 11.9. The molecule has 0 radical (unpaired) electrons. The summed E-state index contributed by atoms with van der Waals surface area (Å²) in [6.07, 6.45) is 0. The van der Waals surface area contributed by atoms with Gasteiger partial charge in [0.15, 0.2) is 0 Å². The average molecular weight is 274 g/mol. The van der Waals surface area contributed by atoms with Gasteiger partial charge in [0.05, 0.1) is 11.7 Å². The third kappa shape index (κ3) is 3.15. The highest BCUT2D eigenvalue weighted by Gasteiger charge is 2.15. The van der Waals surface area contributed by atoms with Gasteiger partial charge in [-0.2, -0.15) is 0 Å². The Morgan fingerprint density at radius 2 is 1.89 bits per heavy atom. The van der Waals surface area contributed by atoms with Gasteiger partial charge >= 0.3 is 0 Å². The van der Waals surface area contributed by atoms with Crippen molar-refractivity contribution in [2.75, 3.05) is 12.4 Å². The van der Waals surface area contributed by atoms with Gasteiger partial charge in [-0.05, 0) is 30.9 Å². The van der Waals surface area contributed by atoms with E-state index in [1.165, 1.54) is 16.9 Å². The monoisotopic (exact) mass is 274 g/mol. The molecule has 1 aromatic carbocycles. The fourth-order valence-corrected chi connectivity index (χ4v) is 2.69. The van der Waals surface area contributed by atoms with E-state index < -0.39 is 0 Å². The van der Waals surface area contributed by atoms with Crippen LogP contribution in [0.1, 0.15) is 33.8 Å². The Balaban J connectivity index is 2.08. The summed E-state index contributed by atoms with van der Waals surface area (Å²) in [5, 5.41) is 7.96. The van der Waals surface area contributed by atoms with Gasteiger partial charge in [-0.3, -0.25) is 4.79 Å². The summed E-state index contributed by atoms with van der Waals surface area (Å²) in [7, 11) is 1.82. The van der Waals surface area contributed by atoms with Crippen molar-refractivity contribution in [3.8, 4) is 0 Å². The van der Waals surface area contributed by atoms with E-state index in [1.54, 1.807) is 0 Å². The quantitative estimate of drug-likeness (QED) is 0.894. The Morgan fingerprint density at radius 1 is 1.21 bits per heavy atom. The van der Waals surface area contributed by atoms with Crippen molar-refractivity contribution in [1.82, 2.24) is 5.32 Å². The molecule has 0 aliphatic carbocycles. The maximum atomic E-state index is 12.2. The summed E-state index contributed by atoms with van der Waals surface area (Å²) < 4.78 is 0. The van der Waals surface area contributed by atoms with Crippen LogP contribution in [0.2, 0.25) is 0 Å². The van der Waals surface area contributed by atoms with Gasteiger partial charge in [-0.25, -0.2) is 0 Å². The first-order valence-electron chi connectivity index (χ1n) is 6.24. The van der Waals surface area contributed by atoms with E-state index in [1.807, 2.05) is 37.6 Å². The molecule has 4 heteroatoms. The molecule has 2 rings (SSSR count). The number of carbonyl (C=O) groups excluding carboxylic acids is 1. The van der Waals surface area contributed by atoms with E-state index in [9.17, 15) is 4.79 Å². The van der Waals surface area contributed by atoms with Crippen molar-refractivity contribution in [3.63, 3.8) is 0 Å². The summed E-state index contributed by atoms with van der Waals surface area (Å²) in [6.45, 7) is 4.05. The number of rotatable bonds is 4. The molecule has 0 aliphatic heterocycles. The lowest BCUT2D eigenvalue weighted by Gasteiger charge is -2.14. The van der Waals surface area contributed by atoms with Crippen LogP contribution in [0, 0.1) is 6.92 Å². The lowest BCUT2D eigenvalue weighted by Crippen LogP contribution is -2.26. The molecular formula is C15H18N2OS. The Morgan fingerprint density at radius 3 is 2.53 bits per heavy atom. The molecule has 0 saturated heterocycles. The lowest BCUT2D eigenvalue weighted by atomic mass is 10.1. The minimum atomic E-state index is -0.0348. The van der Waals surface area contributed by atoms with Gasteiger partial charge < -0.3 is 10.6 Å². The van der Waals surface area contributed by atoms with E-state index in [4.69, 9.17) is 0 Å². The first kappa shape index (κ1) is 13.6. The molecule has 100 valence electrons. The van der Waals surface area contributed by atoms with Crippen molar-refractivity contribution >= 4 is 22.9 Å².